The van der Waals surface area contributed by atoms with Crippen LogP contribution < -0.4 is 5.32 Å². The number of carbonyl (C=O) groups excluding carboxylic acids is 3. The molecule has 24 heavy (non-hydrogen) atoms. The van der Waals surface area contributed by atoms with Crippen molar-refractivity contribution in [1.29, 1.82) is 0 Å². The predicted octanol–water partition coefficient (Wildman–Crippen LogP) is 2.12. The van der Waals surface area contributed by atoms with Crippen LogP contribution in [0.4, 0.5) is 5.69 Å². The minimum Gasteiger partial charge on any atom is -0.341 e. The van der Waals surface area contributed by atoms with E-state index in [9.17, 15) is 14.4 Å². The first kappa shape index (κ1) is 18.0. The SMILES string of the molecule is CCCC(=O)N1CCCN(C(=O)c2ccc(NC(C)=O)cc2)CC1. The summed E-state index contributed by atoms with van der Waals surface area (Å²) in [4.78, 5) is 39.3. The normalized spacial score (nSPS) is 14.9. The van der Waals surface area contributed by atoms with Gasteiger partial charge in [-0.2, -0.15) is 0 Å². The number of amides is 3. The highest BCUT2D eigenvalue weighted by atomic mass is 16.2. The molecule has 1 fully saturated rings. The molecule has 0 atom stereocenters. The predicted molar refractivity (Wildman–Crippen MR) is 92.8 cm³/mol. The summed E-state index contributed by atoms with van der Waals surface area (Å²) in [5.41, 5.74) is 1.27. The van der Waals surface area contributed by atoms with E-state index >= 15 is 0 Å². The van der Waals surface area contributed by atoms with Gasteiger partial charge in [0.05, 0.1) is 0 Å². The van der Waals surface area contributed by atoms with Crippen molar-refractivity contribution < 1.29 is 14.4 Å². The van der Waals surface area contributed by atoms with Gasteiger partial charge in [0.2, 0.25) is 11.8 Å². The molecule has 1 N–H and O–H groups in total. The van der Waals surface area contributed by atoms with Crippen molar-refractivity contribution in [2.24, 2.45) is 0 Å². The second-order valence-electron chi connectivity index (χ2n) is 6.04. The molecule has 6 heteroatoms. The Bertz CT molecular complexity index is 598. The summed E-state index contributed by atoms with van der Waals surface area (Å²) in [5.74, 6) is -0.000873. The van der Waals surface area contributed by atoms with Gasteiger partial charge in [0, 0.05) is 50.8 Å². The van der Waals surface area contributed by atoms with Crippen LogP contribution in [0.5, 0.6) is 0 Å². The summed E-state index contributed by atoms with van der Waals surface area (Å²) in [6.07, 6.45) is 2.21. The lowest BCUT2D eigenvalue weighted by Gasteiger charge is -2.22. The lowest BCUT2D eigenvalue weighted by molar-refractivity contribution is -0.131. The molecule has 2 rings (SSSR count). The van der Waals surface area contributed by atoms with Gasteiger partial charge in [-0.05, 0) is 37.1 Å². The van der Waals surface area contributed by atoms with E-state index in [2.05, 4.69) is 5.32 Å². The van der Waals surface area contributed by atoms with E-state index in [0.29, 0.717) is 43.9 Å². The quantitative estimate of drug-likeness (QED) is 0.919. The standard InChI is InChI=1S/C18H25N3O3/c1-3-5-17(23)20-10-4-11-21(13-12-20)18(24)15-6-8-16(9-7-15)19-14(2)22/h6-9H,3-5,10-13H2,1-2H3,(H,19,22). The number of rotatable bonds is 4. The van der Waals surface area contributed by atoms with Gasteiger partial charge in [-0.3, -0.25) is 14.4 Å². The van der Waals surface area contributed by atoms with Crippen LogP contribution in [0.15, 0.2) is 24.3 Å². The highest BCUT2D eigenvalue weighted by Gasteiger charge is 2.22. The Balaban J connectivity index is 1.97. The summed E-state index contributed by atoms with van der Waals surface area (Å²) in [6, 6.07) is 6.89. The number of hydrogen-bond donors (Lipinski definition) is 1. The Morgan fingerprint density at radius 1 is 1.00 bits per heavy atom. The molecule has 0 spiro atoms. The van der Waals surface area contributed by atoms with Crippen molar-refractivity contribution in [3.8, 4) is 0 Å². The molecule has 0 saturated carbocycles. The van der Waals surface area contributed by atoms with E-state index in [-0.39, 0.29) is 17.7 Å². The molecule has 0 unspecified atom stereocenters. The number of anilines is 1. The van der Waals surface area contributed by atoms with E-state index in [0.717, 1.165) is 12.8 Å². The summed E-state index contributed by atoms with van der Waals surface area (Å²) in [5, 5.41) is 2.68. The van der Waals surface area contributed by atoms with Gasteiger partial charge < -0.3 is 15.1 Å². The minimum absolute atomic E-state index is 0.0332. The summed E-state index contributed by atoms with van der Waals surface area (Å²) in [6.45, 7) is 5.96. The second kappa shape index (κ2) is 8.47. The van der Waals surface area contributed by atoms with Crippen molar-refractivity contribution >= 4 is 23.4 Å². The average molecular weight is 331 g/mol. The molecular weight excluding hydrogens is 306 g/mol. The molecule has 1 aromatic carbocycles. The maximum absolute atomic E-state index is 12.6. The molecule has 0 radical (unpaired) electrons. The lowest BCUT2D eigenvalue weighted by atomic mass is 10.1. The van der Waals surface area contributed by atoms with Gasteiger partial charge in [0.15, 0.2) is 0 Å². The van der Waals surface area contributed by atoms with Gasteiger partial charge >= 0.3 is 0 Å². The number of benzene rings is 1. The first-order chi connectivity index (χ1) is 11.5. The smallest absolute Gasteiger partial charge is 0.253 e. The second-order valence-corrected chi connectivity index (χ2v) is 6.04. The molecule has 0 aliphatic carbocycles. The third kappa shape index (κ3) is 4.81. The van der Waals surface area contributed by atoms with E-state index in [1.165, 1.54) is 6.92 Å². The Hall–Kier alpha value is -2.37. The van der Waals surface area contributed by atoms with E-state index in [1.54, 1.807) is 29.2 Å². The fraction of sp³-hybridized carbons (Fsp3) is 0.500. The molecule has 6 nitrogen and oxygen atoms in total. The monoisotopic (exact) mass is 331 g/mol. The molecule has 130 valence electrons. The van der Waals surface area contributed by atoms with Crippen molar-refractivity contribution in [3.63, 3.8) is 0 Å². The topological polar surface area (TPSA) is 69.7 Å². The van der Waals surface area contributed by atoms with Crippen LogP contribution in [0, 0.1) is 0 Å². The largest absolute Gasteiger partial charge is 0.341 e. The summed E-state index contributed by atoms with van der Waals surface area (Å²) in [7, 11) is 0. The zero-order valence-electron chi connectivity index (χ0n) is 14.4. The van der Waals surface area contributed by atoms with Crippen LogP contribution in [-0.4, -0.2) is 53.7 Å². The summed E-state index contributed by atoms with van der Waals surface area (Å²) < 4.78 is 0. The van der Waals surface area contributed by atoms with E-state index in [1.807, 2.05) is 11.8 Å². The zero-order chi connectivity index (χ0) is 17.5. The molecule has 3 amide bonds. The van der Waals surface area contributed by atoms with Crippen molar-refractivity contribution in [2.45, 2.75) is 33.1 Å². The molecule has 0 bridgehead atoms. The van der Waals surface area contributed by atoms with Crippen LogP contribution >= 0.6 is 0 Å². The van der Waals surface area contributed by atoms with Crippen molar-refractivity contribution in [2.75, 3.05) is 31.5 Å². The molecule has 0 aromatic heterocycles. The average Bonchev–Trinajstić information content (AvgIpc) is 2.81. The third-order valence-corrected chi connectivity index (χ3v) is 4.05. The number of nitrogens with one attached hydrogen (secondary N) is 1. The summed E-state index contributed by atoms with van der Waals surface area (Å²) >= 11 is 0. The lowest BCUT2D eigenvalue weighted by Crippen LogP contribution is -2.37. The minimum atomic E-state index is -0.140. The van der Waals surface area contributed by atoms with Crippen molar-refractivity contribution in [3.05, 3.63) is 29.8 Å². The molecule has 1 aliphatic rings. The Morgan fingerprint density at radius 3 is 2.25 bits per heavy atom. The number of nitrogens with zero attached hydrogens (tertiary/aromatic N) is 2. The van der Waals surface area contributed by atoms with Gasteiger partial charge in [-0.1, -0.05) is 6.92 Å². The Labute approximate surface area is 142 Å². The molecule has 1 saturated heterocycles. The first-order valence-electron chi connectivity index (χ1n) is 8.46. The molecule has 1 aromatic rings. The number of hydrogen-bond acceptors (Lipinski definition) is 3. The number of carbonyl (C=O) groups is 3. The van der Waals surface area contributed by atoms with Gasteiger partial charge in [0.25, 0.3) is 5.91 Å². The fourth-order valence-corrected chi connectivity index (χ4v) is 2.82. The van der Waals surface area contributed by atoms with Crippen molar-refractivity contribution in [1.82, 2.24) is 9.80 Å². The van der Waals surface area contributed by atoms with Crippen LogP contribution in [0.1, 0.15) is 43.5 Å². The highest BCUT2D eigenvalue weighted by molar-refractivity contribution is 5.95. The molecule has 1 heterocycles. The van der Waals surface area contributed by atoms with Crippen LogP contribution in [-0.2, 0) is 9.59 Å². The van der Waals surface area contributed by atoms with Crippen LogP contribution in [0.3, 0.4) is 0 Å². The van der Waals surface area contributed by atoms with Gasteiger partial charge in [-0.25, -0.2) is 0 Å². The third-order valence-electron chi connectivity index (χ3n) is 4.05. The fourth-order valence-electron chi connectivity index (χ4n) is 2.82. The van der Waals surface area contributed by atoms with Crippen LogP contribution in [0.2, 0.25) is 0 Å². The maximum Gasteiger partial charge on any atom is 0.253 e. The Morgan fingerprint density at radius 2 is 1.62 bits per heavy atom. The molecule has 1 aliphatic heterocycles. The highest BCUT2D eigenvalue weighted by Crippen LogP contribution is 2.14. The van der Waals surface area contributed by atoms with E-state index in [4.69, 9.17) is 0 Å². The first-order valence-corrected chi connectivity index (χ1v) is 8.46. The Kier molecular flexibility index (Phi) is 6.35. The molecular formula is C18H25N3O3. The van der Waals surface area contributed by atoms with Gasteiger partial charge in [0.1, 0.15) is 0 Å². The zero-order valence-corrected chi connectivity index (χ0v) is 14.4. The van der Waals surface area contributed by atoms with Crippen LogP contribution in [0.25, 0.3) is 0 Å². The maximum atomic E-state index is 12.6. The van der Waals surface area contributed by atoms with Gasteiger partial charge in [-0.15, -0.1) is 0 Å². The van der Waals surface area contributed by atoms with E-state index < -0.39 is 0 Å².